The molecule has 1 aromatic carbocycles. The van der Waals surface area contributed by atoms with Gasteiger partial charge in [0.05, 0.1) is 6.61 Å². The van der Waals surface area contributed by atoms with Gasteiger partial charge < -0.3 is 4.74 Å². The van der Waals surface area contributed by atoms with E-state index in [2.05, 4.69) is 6.07 Å². The summed E-state index contributed by atoms with van der Waals surface area (Å²) in [6, 6.07) is 10.4. The Bertz CT molecular complexity index is 234. The summed E-state index contributed by atoms with van der Waals surface area (Å²) in [5, 5.41) is 0. The summed E-state index contributed by atoms with van der Waals surface area (Å²) in [5.74, 6) is -0.262. The maximum absolute atomic E-state index is 10.4. The molecule has 0 fully saturated rings. The molecule has 1 rings (SSSR count). The van der Waals surface area contributed by atoms with E-state index in [4.69, 9.17) is 4.74 Å². The van der Waals surface area contributed by atoms with Crippen LogP contribution in [0.5, 0.6) is 0 Å². The molecular weight excluding hydrogens is 191 g/mol. The molecule has 0 aliphatic heterocycles. The first-order valence-electron chi connectivity index (χ1n) is 3.38. The topological polar surface area (TPSA) is 26.3 Å². The van der Waals surface area contributed by atoms with Gasteiger partial charge in [0.1, 0.15) is 0 Å². The van der Waals surface area contributed by atoms with Crippen molar-refractivity contribution in [2.75, 3.05) is 0 Å². The molecule has 12 heavy (non-hydrogen) atoms. The minimum absolute atomic E-state index is 0. The Balaban J connectivity index is 0.00000121. The summed E-state index contributed by atoms with van der Waals surface area (Å²) in [6.45, 7) is 1.71. The number of ether oxygens (including phenoxy) is 1. The zero-order valence-corrected chi connectivity index (χ0v) is 8.18. The quantitative estimate of drug-likeness (QED) is 0.534. The third-order valence-electron chi connectivity index (χ3n) is 1.20. The van der Waals surface area contributed by atoms with Gasteiger partial charge in [0.25, 0.3) is 0 Å². The third-order valence-corrected chi connectivity index (χ3v) is 1.20. The van der Waals surface area contributed by atoms with E-state index in [9.17, 15) is 4.79 Å². The molecule has 0 aliphatic rings. The minimum atomic E-state index is -0.262. The molecule has 0 spiro atoms. The first-order valence-corrected chi connectivity index (χ1v) is 3.38. The Labute approximate surface area is 83.8 Å². The molecule has 0 aromatic heterocycles. The predicted octanol–water partition coefficient (Wildman–Crippen LogP) is 1.55. The summed E-state index contributed by atoms with van der Waals surface area (Å²) < 4.78 is 4.76. The van der Waals surface area contributed by atoms with Crippen molar-refractivity contribution in [3.8, 4) is 0 Å². The first-order chi connectivity index (χ1) is 5.29. The van der Waals surface area contributed by atoms with Gasteiger partial charge in [-0.15, -0.1) is 5.56 Å². The molecule has 0 unspecified atom stereocenters. The van der Waals surface area contributed by atoms with Crippen LogP contribution in [-0.2, 0) is 34.7 Å². The number of benzene rings is 1. The minimum Gasteiger partial charge on any atom is -0.463 e. The average molecular weight is 200 g/mol. The molecule has 0 bridgehead atoms. The van der Waals surface area contributed by atoms with Crippen molar-refractivity contribution in [3.05, 3.63) is 35.9 Å². The zero-order chi connectivity index (χ0) is 8.10. The van der Waals surface area contributed by atoms with Gasteiger partial charge in [0, 0.05) is 25.5 Å². The molecule has 0 saturated heterocycles. The van der Waals surface area contributed by atoms with E-state index >= 15 is 0 Å². The predicted molar refractivity (Wildman–Crippen MR) is 40.7 cm³/mol. The van der Waals surface area contributed by atoms with Crippen molar-refractivity contribution < 1.29 is 28.1 Å². The second kappa shape index (κ2) is 5.87. The van der Waals surface area contributed by atoms with Crippen LogP contribution in [0.4, 0.5) is 0 Å². The largest absolute Gasteiger partial charge is 0.463 e. The zero-order valence-electron chi connectivity index (χ0n) is 6.78. The van der Waals surface area contributed by atoms with Crippen molar-refractivity contribution in [1.82, 2.24) is 0 Å². The normalized spacial score (nSPS) is 8.42. The number of carbonyl (C=O) groups excluding carboxylic acids is 1. The van der Waals surface area contributed by atoms with E-state index in [0.29, 0.717) is 6.61 Å². The molecule has 3 heteroatoms. The molecule has 1 radical (unpaired) electrons. The van der Waals surface area contributed by atoms with E-state index < -0.39 is 0 Å². The average Bonchev–Trinajstić information content (AvgIpc) is 2.03. The van der Waals surface area contributed by atoms with Crippen molar-refractivity contribution in [1.29, 1.82) is 0 Å². The summed E-state index contributed by atoms with van der Waals surface area (Å²) in [4.78, 5) is 10.4. The Hall–Kier alpha value is -0.726. The van der Waals surface area contributed by atoms with E-state index in [0.717, 1.165) is 5.56 Å². The Morgan fingerprint density at radius 3 is 2.83 bits per heavy atom. The van der Waals surface area contributed by atoms with Gasteiger partial charge in [-0.25, -0.2) is 0 Å². The molecule has 0 N–H and O–H groups in total. The van der Waals surface area contributed by atoms with Gasteiger partial charge in [-0.1, -0.05) is 0 Å². The molecule has 0 amide bonds. The van der Waals surface area contributed by atoms with Gasteiger partial charge in [-0.3, -0.25) is 4.79 Å². The van der Waals surface area contributed by atoms with Crippen molar-refractivity contribution in [2.24, 2.45) is 0 Å². The maximum atomic E-state index is 10.4. The number of hydrogen-bond donors (Lipinski definition) is 0. The maximum Gasteiger partial charge on any atom is 0.302 e. The van der Waals surface area contributed by atoms with Crippen LogP contribution in [0, 0.1) is 6.07 Å². The number of rotatable bonds is 2. The summed E-state index contributed by atoms with van der Waals surface area (Å²) in [6.07, 6.45) is 0. The van der Waals surface area contributed by atoms with E-state index in [1.807, 2.05) is 18.2 Å². The number of esters is 1. The Morgan fingerprint density at radius 1 is 1.58 bits per heavy atom. The summed E-state index contributed by atoms with van der Waals surface area (Å²) in [7, 11) is 0. The smallest absolute Gasteiger partial charge is 0.302 e. The first kappa shape index (κ1) is 11.3. The van der Waals surface area contributed by atoms with Crippen LogP contribution in [-0.4, -0.2) is 5.97 Å². The van der Waals surface area contributed by atoms with Crippen LogP contribution in [0.1, 0.15) is 12.5 Å². The van der Waals surface area contributed by atoms with Gasteiger partial charge in [0.2, 0.25) is 0 Å². The number of hydrogen-bond acceptors (Lipinski definition) is 2. The molecule has 0 aliphatic carbocycles. The molecule has 0 heterocycles. The van der Waals surface area contributed by atoms with Crippen LogP contribution in [0.3, 0.4) is 0 Å². The second-order valence-corrected chi connectivity index (χ2v) is 2.17. The fourth-order valence-electron chi connectivity index (χ4n) is 0.700. The Kier molecular flexibility index (Phi) is 5.51. The molecule has 0 saturated carbocycles. The van der Waals surface area contributed by atoms with Gasteiger partial charge in [-0.05, 0) is 0 Å². The molecule has 1 aromatic rings. The van der Waals surface area contributed by atoms with Crippen molar-refractivity contribution >= 4 is 5.97 Å². The molecule has 2 nitrogen and oxygen atoms in total. The fourth-order valence-corrected chi connectivity index (χ4v) is 0.700. The van der Waals surface area contributed by atoms with Crippen LogP contribution in [0.15, 0.2) is 24.3 Å². The van der Waals surface area contributed by atoms with Gasteiger partial charge >= 0.3 is 5.97 Å². The molecule has 0 atom stereocenters. The van der Waals surface area contributed by atoms with E-state index in [1.165, 1.54) is 6.92 Å². The van der Waals surface area contributed by atoms with E-state index in [-0.39, 0.29) is 24.5 Å². The SMILES string of the molecule is CC(=O)OCc1[c-]cccc1.[V]. The van der Waals surface area contributed by atoms with Crippen LogP contribution < -0.4 is 0 Å². The summed E-state index contributed by atoms with van der Waals surface area (Å²) in [5.41, 5.74) is 0.891. The summed E-state index contributed by atoms with van der Waals surface area (Å²) >= 11 is 0. The molecule has 63 valence electrons. The van der Waals surface area contributed by atoms with Crippen LogP contribution in [0.25, 0.3) is 0 Å². The second-order valence-electron chi connectivity index (χ2n) is 2.17. The molecular formula is C9H9O2V-. The van der Waals surface area contributed by atoms with Crippen molar-refractivity contribution in [2.45, 2.75) is 13.5 Å². The van der Waals surface area contributed by atoms with Crippen molar-refractivity contribution in [3.63, 3.8) is 0 Å². The van der Waals surface area contributed by atoms with Gasteiger partial charge in [-0.2, -0.15) is 30.3 Å². The van der Waals surface area contributed by atoms with Crippen LogP contribution >= 0.6 is 0 Å². The monoisotopic (exact) mass is 200 g/mol. The fraction of sp³-hybridized carbons (Fsp3) is 0.222. The van der Waals surface area contributed by atoms with Gasteiger partial charge in [0.15, 0.2) is 0 Å². The number of carbonyl (C=O) groups is 1. The third kappa shape index (κ3) is 4.21. The van der Waals surface area contributed by atoms with E-state index in [1.54, 1.807) is 6.07 Å². The standard InChI is InChI=1S/C9H9O2.V/c1-8(10)11-7-9-5-3-2-4-6-9;/h2-5H,7H2,1H3;/q-1;. The van der Waals surface area contributed by atoms with Crippen LogP contribution in [0.2, 0.25) is 0 Å². The Morgan fingerprint density at radius 2 is 2.33 bits per heavy atom.